The van der Waals surface area contributed by atoms with Gasteiger partial charge in [0.15, 0.2) is 0 Å². The first-order chi connectivity index (χ1) is 8.86. The van der Waals surface area contributed by atoms with Crippen molar-refractivity contribution in [2.75, 3.05) is 13.7 Å². The van der Waals surface area contributed by atoms with Gasteiger partial charge in [0.05, 0.1) is 29.9 Å². The van der Waals surface area contributed by atoms with Crippen molar-refractivity contribution in [3.05, 3.63) is 40.6 Å². The van der Waals surface area contributed by atoms with Crippen molar-refractivity contribution in [1.29, 1.82) is 0 Å². The van der Waals surface area contributed by atoms with Crippen LogP contribution in [0.15, 0.2) is 30.0 Å². The zero-order valence-corrected chi connectivity index (χ0v) is 11.4. The van der Waals surface area contributed by atoms with Gasteiger partial charge in [-0.25, -0.2) is 0 Å². The van der Waals surface area contributed by atoms with Crippen molar-refractivity contribution < 1.29 is 4.74 Å². The van der Waals surface area contributed by atoms with Gasteiger partial charge in [-0.2, -0.15) is 0 Å². The first-order valence-corrected chi connectivity index (χ1v) is 6.85. The molecule has 96 valence electrons. The second-order valence-corrected chi connectivity index (χ2v) is 4.82. The number of nitrogens with zero attached hydrogens (tertiary/aromatic N) is 2. The van der Waals surface area contributed by atoms with Crippen LogP contribution in [0.3, 0.4) is 0 Å². The molecule has 0 fully saturated rings. The molecule has 0 aliphatic heterocycles. The highest BCUT2D eigenvalue weighted by atomic mass is 32.1. The van der Waals surface area contributed by atoms with Gasteiger partial charge in [-0.1, -0.05) is 6.92 Å². The van der Waals surface area contributed by atoms with E-state index in [1.165, 1.54) is 0 Å². The molecule has 0 radical (unpaired) electrons. The summed E-state index contributed by atoms with van der Waals surface area (Å²) in [6, 6.07) is 2.03. The van der Waals surface area contributed by atoms with Crippen molar-refractivity contribution in [3.8, 4) is 5.75 Å². The number of hydrogen-bond acceptors (Lipinski definition) is 5. The molecule has 0 aromatic carbocycles. The molecular formula is C13H17N3OS. The maximum Gasteiger partial charge on any atom is 0.134 e. The third kappa shape index (κ3) is 2.86. The van der Waals surface area contributed by atoms with Crippen LogP contribution in [-0.4, -0.2) is 23.6 Å². The quantitative estimate of drug-likeness (QED) is 0.870. The summed E-state index contributed by atoms with van der Waals surface area (Å²) >= 11 is 1.67. The van der Waals surface area contributed by atoms with Gasteiger partial charge in [0.25, 0.3) is 0 Å². The average molecular weight is 263 g/mol. The smallest absolute Gasteiger partial charge is 0.134 e. The van der Waals surface area contributed by atoms with Gasteiger partial charge in [-0.05, 0) is 24.4 Å². The molecule has 2 rings (SSSR count). The molecule has 1 unspecified atom stereocenters. The normalized spacial score (nSPS) is 12.3. The fourth-order valence-electron chi connectivity index (χ4n) is 1.77. The minimum Gasteiger partial charge on any atom is -0.496 e. The average Bonchev–Trinajstić information content (AvgIpc) is 2.89. The summed E-state index contributed by atoms with van der Waals surface area (Å²) in [5.41, 5.74) is 0.923. The molecule has 0 aliphatic carbocycles. The Bertz CT molecular complexity index is 472. The Morgan fingerprint density at radius 3 is 3.00 bits per heavy atom. The maximum absolute atomic E-state index is 5.39. The highest BCUT2D eigenvalue weighted by molar-refractivity contribution is 7.10. The van der Waals surface area contributed by atoms with E-state index in [0.29, 0.717) is 0 Å². The fourth-order valence-corrected chi connectivity index (χ4v) is 2.71. The van der Waals surface area contributed by atoms with Crippen LogP contribution in [0.4, 0.5) is 0 Å². The Morgan fingerprint density at radius 2 is 2.33 bits per heavy atom. The summed E-state index contributed by atoms with van der Waals surface area (Å²) in [6.45, 7) is 3.08. The molecule has 2 heterocycles. The zero-order chi connectivity index (χ0) is 12.8. The predicted octanol–water partition coefficient (Wildman–Crippen LogP) is 2.64. The fraction of sp³-hybridized carbons (Fsp3) is 0.385. The van der Waals surface area contributed by atoms with Gasteiger partial charge in [0.1, 0.15) is 5.75 Å². The van der Waals surface area contributed by atoms with Gasteiger partial charge < -0.3 is 10.1 Å². The molecule has 1 atom stereocenters. The molecule has 4 nitrogen and oxygen atoms in total. The lowest BCUT2D eigenvalue weighted by Gasteiger charge is -2.17. The highest BCUT2D eigenvalue weighted by Crippen LogP contribution is 2.33. The molecule has 5 heteroatoms. The van der Waals surface area contributed by atoms with E-state index in [9.17, 15) is 0 Å². The van der Waals surface area contributed by atoms with Crippen molar-refractivity contribution >= 4 is 11.3 Å². The van der Waals surface area contributed by atoms with E-state index in [-0.39, 0.29) is 6.04 Å². The lowest BCUT2D eigenvalue weighted by Crippen LogP contribution is -2.23. The summed E-state index contributed by atoms with van der Waals surface area (Å²) < 4.78 is 5.39. The maximum atomic E-state index is 5.39. The van der Waals surface area contributed by atoms with E-state index in [1.54, 1.807) is 37.0 Å². The number of rotatable bonds is 6. The summed E-state index contributed by atoms with van der Waals surface area (Å²) in [4.78, 5) is 9.67. The SMILES string of the molecule is CCCNC(c1cnccn1)c1sccc1OC. The Labute approximate surface area is 111 Å². The van der Waals surface area contributed by atoms with E-state index in [2.05, 4.69) is 22.2 Å². The number of aromatic nitrogens is 2. The monoisotopic (exact) mass is 263 g/mol. The number of methoxy groups -OCH3 is 1. The standard InChI is InChI=1S/C13H17N3OS/c1-3-5-16-12(10-9-14-6-7-15-10)13-11(17-2)4-8-18-13/h4,6-9,12,16H,3,5H2,1-2H3. The second-order valence-electron chi connectivity index (χ2n) is 3.87. The van der Waals surface area contributed by atoms with Crippen molar-refractivity contribution in [1.82, 2.24) is 15.3 Å². The molecule has 0 amide bonds. The number of thiophene rings is 1. The lowest BCUT2D eigenvalue weighted by atomic mass is 10.1. The van der Waals surface area contributed by atoms with Crippen molar-refractivity contribution in [2.45, 2.75) is 19.4 Å². The van der Waals surface area contributed by atoms with Gasteiger partial charge in [-0.15, -0.1) is 11.3 Å². The van der Waals surface area contributed by atoms with Gasteiger partial charge in [-0.3, -0.25) is 9.97 Å². The first-order valence-electron chi connectivity index (χ1n) is 5.97. The van der Waals surface area contributed by atoms with Crippen LogP contribution in [0, 0.1) is 0 Å². The molecular weight excluding hydrogens is 246 g/mol. The Kier molecular flexibility index (Phi) is 4.66. The van der Waals surface area contributed by atoms with Crippen LogP contribution in [0.5, 0.6) is 5.75 Å². The molecule has 0 bridgehead atoms. The van der Waals surface area contributed by atoms with Crippen LogP contribution in [0.1, 0.15) is 30.0 Å². The zero-order valence-electron chi connectivity index (χ0n) is 10.6. The summed E-state index contributed by atoms with van der Waals surface area (Å²) in [5, 5.41) is 5.52. The minimum atomic E-state index is 0.0496. The lowest BCUT2D eigenvalue weighted by molar-refractivity contribution is 0.407. The molecule has 2 aromatic heterocycles. The summed E-state index contributed by atoms with van der Waals surface area (Å²) in [7, 11) is 1.69. The van der Waals surface area contributed by atoms with Crippen LogP contribution in [0.25, 0.3) is 0 Å². The molecule has 0 saturated heterocycles. The predicted molar refractivity (Wildman–Crippen MR) is 73.0 cm³/mol. The Morgan fingerprint density at radius 1 is 1.44 bits per heavy atom. The molecule has 2 aromatic rings. The van der Waals surface area contributed by atoms with Crippen LogP contribution in [0.2, 0.25) is 0 Å². The summed E-state index contributed by atoms with van der Waals surface area (Å²) in [5.74, 6) is 0.902. The molecule has 0 saturated carbocycles. The third-order valence-corrected chi connectivity index (χ3v) is 3.58. The van der Waals surface area contributed by atoms with E-state index >= 15 is 0 Å². The van der Waals surface area contributed by atoms with Gasteiger partial charge in [0.2, 0.25) is 0 Å². The Hall–Kier alpha value is -1.46. The highest BCUT2D eigenvalue weighted by Gasteiger charge is 2.20. The van der Waals surface area contributed by atoms with Crippen LogP contribution in [-0.2, 0) is 0 Å². The third-order valence-electron chi connectivity index (χ3n) is 2.62. The van der Waals surface area contributed by atoms with E-state index in [4.69, 9.17) is 4.74 Å². The van der Waals surface area contributed by atoms with Crippen molar-refractivity contribution in [2.24, 2.45) is 0 Å². The largest absolute Gasteiger partial charge is 0.496 e. The number of hydrogen-bond donors (Lipinski definition) is 1. The van der Waals surface area contributed by atoms with E-state index < -0.39 is 0 Å². The second kappa shape index (κ2) is 6.47. The molecule has 18 heavy (non-hydrogen) atoms. The first kappa shape index (κ1) is 13.0. The Balaban J connectivity index is 2.31. The minimum absolute atomic E-state index is 0.0496. The van der Waals surface area contributed by atoms with E-state index in [1.807, 2.05) is 11.4 Å². The van der Waals surface area contributed by atoms with Crippen LogP contribution < -0.4 is 10.1 Å². The van der Waals surface area contributed by atoms with Crippen LogP contribution >= 0.6 is 11.3 Å². The van der Waals surface area contributed by atoms with Gasteiger partial charge in [0, 0.05) is 12.4 Å². The van der Waals surface area contributed by atoms with Gasteiger partial charge >= 0.3 is 0 Å². The van der Waals surface area contributed by atoms with E-state index in [0.717, 1.165) is 29.3 Å². The number of nitrogens with one attached hydrogen (secondary N) is 1. The molecule has 1 N–H and O–H groups in total. The number of ether oxygens (including phenoxy) is 1. The van der Waals surface area contributed by atoms with Crippen molar-refractivity contribution in [3.63, 3.8) is 0 Å². The topological polar surface area (TPSA) is 47.0 Å². The molecule has 0 aliphatic rings. The summed E-state index contributed by atoms with van der Waals surface area (Å²) in [6.07, 6.45) is 6.28. The molecule has 0 spiro atoms.